The molecule has 1 aromatic heterocycles. The minimum absolute atomic E-state index is 0.00167. The van der Waals surface area contributed by atoms with Gasteiger partial charge in [0.15, 0.2) is 0 Å². The van der Waals surface area contributed by atoms with Gasteiger partial charge in [-0.1, -0.05) is 0 Å². The van der Waals surface area contributed by atoms with Gasteiger partial charge >= 0.3 is 6.55 Å². The monoisotopic (exact) mass is 238 g/mol. The Kier molecular flexibility index (Phi) is 2.56. The first-order valence-corrected chi connectivity index (χ1v) is 3.85. The second kappa shape index (κ2) is 3.30. The Bertz CT molecular complexity index is 350. The summed E-state index contributed by atoms with van der Waals surface area (Å²) < 4.78 is 24.7. The first-order valence-electron chi connectivity index (χ1n) is 3.06. The summed E-state index contributed by atoms with van der Waals surface area (Å²) in [5.74, 6) is -0.00167. The Balaban J connectivity index is 3.44. The van der Waals surface area contributed by atoms with Crippen molar-refractivity contribution in [1.29, 1.82) is 0 Å². The van der Waals surface area contributed by atoms with Crippen molar-refractivity contribution in [3.63, 3.8) is 0 Å². The summed E-state index contributed by atoms with van der Waals surface area (Å²) in [6, 6.07) is 0. The van der Waals surface area contributed by atoms with Gasteiger partial charge in [-0.25, -0.2) is 9.55 Å². The quantitative estimate of drug-likeness (QED) is 0.747. The van der Waals surface area contributed by atoms with E-state index in [0.29, 0.717) is 4.57 Å². The highest BCUT2D eigenvalue weighted by Crippen LogP contribution is 2.10. The topological polar surface area (TPSA) is 34.9 Å². The lowest BCUT2D eigenvalue weighted by atomic mass is 10.5. The van der Waals surface area contributed by atoms with E-state index in [1.165, 1.54) is 13.1 Å². The fourth-order valence-electron chi connectivity index (χ4n) is 0.759. The van der Waals surface area contributed by atoms with Crippen molar-refractivity contribution in [3.8, 4) is 0 Å². The molecule has 1 rings (SSSR count). The molecule has 1 aromatic rings. The molecule has 3 nitrogen and oxygen atoms in total. The maximum atomic E-state index is 12.2. The van der Waals surface area contributed by atoms with Crippen LogP contribution in [0.5, 0.6) is 0 Å². The molecule has 0 saturated carbocycles. The van der Waals surface area contributed by atoms with Gasteiger partial charge in [0.1, 0.15) is 10.3 Å². The highest BCUT2D eigenvalue weighted by molar-refractivity contribution is 9.10. The Morgan fingerprint density at radius 2 is 2.25 bits per heavy atom. The largest absolute Gasteiger partial charge is 0.322 e. The predicted molar refractivity (Wildman–Crippen MR) is 42.2 cm³/mol. The van der Waals surface area contributed by atoms with Gasteiger partial charge in [-0.15, -0.1) is 0 Å². The summed E-state index contributed by atoms with van der Waals surface area (Å²) in [5.41, 5.74) is -0.766. The van der Waals surface area contributed by atoms with E-state index in [1.54, 1.807) is 0 Å². The van der Waals surface area contributed by atoms with Crippen LogP contribution < -0.4 is 5.56 Å². The standard InChI is InChI=1S/C6H5BrF2N2O/c1-3-10-2-4(7)5(12)11(3)6(8)9/h2,6H,1H3. The van der Waals surface area contributed by atoms with E-state index in [-0.39, 0.29) is 10.3 Å². The molecule has 0 bridgehead atoms. The maximum absolute atomic E-state index is 12.2. The van der Waals surface area contributed by atoms with Crippen LogP contribution in [-0.4, -0.2) is 9.55 Å². The maximum Gasteiger partial charge on any atom is 0.322 e. The molecule has 0 aliphatic heterocycles. The second-order valence-corrected chi connectivity index (χ2v) is 2.96. The van der Waals surface area contributed by atoms with Gasteiger partial charge in [0.25, 0.3) is 5.56 Å². The van der Waals surface area contributed by atoms with Crippen LogP contribution in [0.4, 0.5) is 8.78 Å². The summed E-state index contributed by atoms with van der Waals surface area (Å²) in [6.45, 7) is -1.50. The zero-order chi connectivity index (χ0) is 9.30. The van der Waals surface area contributed by atoms with E-state index in [1.807, 2.05) is 0 Å². The number of alkyl halides is 2. The third-order valence-corrected chi connectivity index (χ3v) is 1.88. The minimum Gasteiger partial charge on any atom is -0.268 e. The van der Waals surface area contributed by atoms with Crippen molar-refractivity contribution in [2.45, 2.75) is 13.5 Å². The molecule has 0 aliphatic rings. The predicted octanol–water partition coefficient (Wildman–Crippen LogP) is 1.71. The van der Waals surface area contributed by atoms with Crippen LogP contribution in [0.2, 0.25) is 0 Å². The van der Waals surface area contributed by atoms with Gasteiger partial charge in [-0.3, -0.25) is 4.79 Å². The molecule has 12 heavy (non-hydrogen) atoms. The first kappa shape index (κ1) is 9.31. The van der Waals surface area contributed by atoms with E-state index < -0.39 is 12.1 Å². The van der Waals surface area contributed by atoms with Crippen molar-refractivity contribution in [1.82, 2.24) is 9.55 Å². The number of nitrogens with zero attached hydrogens (tertiary/aromatic N) is 2. The van der Waals surface area contributed by atoms with Gasteiger partial charge < -0.3 is 0 Å². The van der Waals surface area contributed by atoms with Gasteiger partial charge in [0, 0.05) is 6.20 Å². The van der Waals surface area contributed by atoms with Crippen molar-refractivity contribution < 1.29 is 8.78 Å². The summed E-state index contributed by atoms with van der Waals surface area (Å²) >= 11 is 2.82. The Labute approximate surface area is 75.2 Å². The van der Waals surface area contributed by atoms with Crippen LogP contribution in [0.15, 0.2) is 15.5 Å². The highest BCUT2D eigenvalue weighted by Gasteiger charge is 2.13. The molecule has 0 saturated heterocycles. The number of aryl methyl sites for hydroxylation is 1. The molecule has 0 atom stereocenters. The number of hydrogen-bond acceptors (Lipinski definition) is 2. The molecule has 66 valence electrons. The number of halogens is 3. The first-order chi connectivity index (χ1) is 5.54. The Hall–Kier alpha value is -0.780. The lowest BCUT2D eigenvalue weighted by Crippen LogP contribution is -2.24. The molecule has 0 aromatic carbocycles. The SMILES string of the molecule is Cc1ncc(Br)c(=O)n1C(F)F. The summed E-state index contributed by atoms with van der Waals surface area (Å²) in [6.07, 6.45) is 1.20. The molecule has 0 amide bonds. The van der Waals surface area contributed by atoms with Gasteiger partial charge in [0.2, 0.25) is 0 Å². The van der Waals surface area contributed by atoms with E-state index in [2.05, 4.69) is 20.9 Å². The molecular formula is C6H5BrF2N2O. The van der Waals surface area contributed by atoms with Crippen molar-refractivity contribution >= 4 is 15.9 Å². The zero-order valence-corrected chi connectivity index (χ0v) is 7.68. The number of hydrogen-bond donors (Lipinski definition) is 0. The van der Waals surface area contributed by atoms with E-state index in [4.69, 9.17) is 0 Å². The summed E-state index contributed by atoms with van der Waals surface area (Å²) in [4.78, 5) is 14.6. The highest BCUT2D eigenvalue weighted by atomic mass is 79.9. The lowest BCUT2D eigenvalue weighted by molar-refractivity contribution is 0.0624. The molecule has 0 fully saturated rings. The lowest BCUT2D eigenvalue weighted by Gasteiger charge is -2.06. The molecule has 0 spiro atoms. The normalized spacial score (nSPS) is 10.8. The van der Waals surface area contributed by atoms with Crippen LogP contribution in [-0.2, 0) is 0 Å². The number of rotatable bonds is 1. The van der Waals surface area contributed by atoms with Crippen LogP contribution >= 0.6 is 15.9 Å². The third-order valence-electron chi connectivity index (χ3n) is 1.33. The number of aromatic nitrogens is 2. The van der Waals surface area contributed by atoms with Gasteiger partial charge in [0.05, 0.1) is 0 Å². The molecule has 0 unspecified atom stereocenters. The smallest absolute Gasteiger partial charge is 0.268 e. The second-order valence-electron chi connectivity index (χ2n) is 2.11. The van der Waals surface area contributed by atoms with Crippen molar-refractivity contribution in [2.75, 3.05) is 0 Å². The van der Waals surface area contributed by atoms with Gasteiger partial charge in [-0.2, -0.15) is 8.78 Å². The van der Waals surface area contributed by atoms with E-state index in [9.17, 15) is 13.6 Å². The molecule has 1 heterocycles. The van der Waals surface area contributed by atoms with Crippen LogP contribution in [0.1, 0.15) is 12.4 Å². The van der Waals surface area contributed by atoms with E-state index in [0.717, 1.165) is 0 Å². The Morgan fingerprint density at radius 1 is 1.67 bits per heavy atom. The van der Waals surface area contributed by atoms with Crippen molar-refractivity contribution in [2.24, 2.45) is 0 Å². The van der Waals surface area contributed by atoms with Crippen LogP contribution in [0.25, 0.3) is 0 Å². The van der Waals surface area contributed by atoms with Gasteiger partial charge in [-0.05, 0) is 22.9 Å². The fourth-order valence-corrected chi connectivity index (χ4v) is 1.05. The zero-order valence-electron chi connectivity index (χ0n) is 6.09. The molecule has 0 N–H and O–H groups in total. The van der Waals surface area contributed by atoms with Crippen molar-refractivity contribution in [3.05, 3.63) is 26.8 Å². The van der Waals surface area contributed by atoms with Crippen LogP contribution in [0.3, 0.4) is 0 Å². The average Bonchev–Trinajstić information content (AvgIpc) is 1.97. The fraction of sp³-hybridized carbons (Fsp3) is 0.333. The molecule has 0 radical (unpaired) electrons. The average molecular weight is 239 g/mol. The summed E-state index contributed by atoms with van der Waals surface area (Å²) in [5, 5.41) is 0. The molecule has 6 heteroatoms. The minimum atomic E-state index is -2.84. The van der Waals surface area contributed by atoms with Crippen LogP contribution in [0, 0.1) is 6.92 Å². The molecule has 0 aliphatic carbocycles. The molecular weight excluding hydrogens is 234 g/mol. The van der Waals surface area contributed by atoms with E-state index >= 15 is 0 Å². The third kappa shape index (κ3) is 1.52. The summed E-state index contributed by atoms with van der Waals surface area (Å²) in [7, 11) is 0. The Morgan fingerprint density at radius 3 is 2.67 bits per heavy atom.